The van der Waals surface area contributed by atoms with Gasteiger partial charge in [0.05, 0.1) is 12.2 Å². The first-order chi connectivity index (χ1) is 13.6. The van der Waals surface area contributed by atoms with E-state index in [4.69, 9.17) is 4.74 Å². The average Bonchev–Trinajstić information content (AvgIpc) is 2.70. The second-order valence-electron chi connectivity index (χ2n) is 6.74. The number of carbonyl (C=O) groups excluding carboxylic acids is 2. The van der Waals surface area contributed by atoms with Gasteiger partial charge in [-0.25, -0.2) is 4.98 Å². The topological polar surface area (TPSA) is 83.6 Å². The standard InChI is InChI=1S/C21H26N4O3/c1-3-28-18-8-6-16(7-9-18)23-20-19(5-4-12-22-20)21(27)24-17-10-13-25(14-11-17)15(2)26/h4-9,12,17H,3,10-11,13-14H2,1-2H3,(H,22,23)(H,24,27). The molecule has 1 aliphatic heterocycles. The summed E-state index contributed by atoms with van der Waals surface area (Å²) in [4.78, 5) is 30.4. The third kappa shape index (κ3) is 5.00. The maximum Gasteiger partial charge on any atom is 0.255 e. The third-order valence-corrected chi connectivity index (χ3v) is 4.76. The van der Waals surface area contributed by atoms with E-state index in [-0.39, 0.29) is 17.9 Å². The van der Waals surface area contributed by atoms with Gasteiger partial charge in [0.25, 0.3) is 5.91 Å². The molecule has 1 aromatic carbocycles. The van der Waals surface area contributed by atoms with Gasteiger partial charge in [-0.15, -0.1) is 0 Å². The fourth-order valence-corrected chi connectivity index (χ4v) is 3.23. The van der Waals surface area contributed by atoms with Gasteiger partial charge in [-0.3, -0.25) is 9.59 Å². The molecular weight excluding hydrogens is 356 g/mol. The van der Waals surface area contributed by atoms with Crippen LogP contribution in [0.4, 0.5) is 11.5 Å². The number of piperidine rings is 1. The second-order valence-corrected chi connectivity index (χ2v) is 6.74. The predicted molar refractivity (Wildman–Crippen MR) is 108 cm³/mol. The molecule has 0 atom stereocenters. The predicted octanol–water partition coefficient (Wildman–Crippen LogP) is 2.96. The summed E-state index contributed by atoms with van der Waals surface area (Å²) < 4.78 is 5.45. The van der Waals surface area contributed by atoms with Crippen molar-refractivity contribution in [2.24, 2.45) is 0 Å². The maximum absolute atomic E-state index is 12.8. The molecule has 0 radical (unpaired) electrons. The highest BCUT2D eigenvalue weighted by Gasteiger charge is 2.23. The molecule has 7 nitrogen and oxygen atoms in total. The van der Waals surface area contributed by atoms with Gasteiger partial charge < -0.3 is 20.3 Å². The Balaban J connectivity index is 1.64. The molecule has 2 amide bonds. The molecule has 28 heavy (non-hydrogen) atoms. The van der Waals surface area contributed by atoms with Crippen molar-refractivity contribution in [2.75, 3.05) is 25.0 Å². The fraction of sp³-hybridized carbons (Fsp3) is 0.381. The molecule has 7 heteroatoms. The Hall–Kier alpha value is -3.09. The highest BCUT2D eigenvalue weighted by molar-refractivity contribution is 5.99. The summed E-state index contributed by atoms with van der Waals surface area (Å²) in [6, 6.07) is 11.1. The molecule has 1 saturated heterocycles. The lowest BCUT2D eigenvalue weighted by Crippen LogP contribution is -2.46. The largest absolute Gasteiger partial charge is 0.494 e. The number of amides is 2. The van der Waals surface area contributed by atoms with E-state index >= 15 is 0 Å². The Morgan fingerprint density at radius 3 is 2.54 bits per heavy atom. The number of rotatable bonds is 6. The highest BCUT2D eigenvalue weighted by Crippen LogP contribution is 2.22. The summed E-state index contributed by atoms with van der Waals surface area (Å²) in [5.41, 5.74) is 1.32. The lowest BCUT2D eigenvalue weighted by atomic mass is 10.0. The Bertz CT molecular complexity index is 815. The van der Waals surface area contributed by atoms with Crippen LogP contribution >= 0.6 is 0 Å². The van der Waals surface area contributed by atoms with E-state index in [1.54, 1.807) is 25.3 Å². The number of carbonyl (C=O) groups is 2. The molecule has 0 unspecified atom stereocenters. The molecule has 2 N–H and O–H groups in total. The minimum Gasteiger partial charge on any atom is -0.494 e. The number of pyridine rings is 1. The number of benzene rings is 1. The molecule has 0 aliphatic carbocycles. The van der Waals surface area contributed by atoms with Crippen LogP contribution in [0.5, 0.6) is 5.75 Å². The summed E-state index contributed by atoms with van der Waals surface area (Å²) in [6.45, 7) is 5.47. The van der Waals surface area contributed by atoms with E-state index < -0.39 is 0 Å². The lowest BCUT2D eigenvalue weighted by Gasteiger charge is -2.31. The highest BCUT2D eigenvalue weighted by atomic mass is 16.5. The Labute approximate surface area is 165 Å². The van der Waals surface area contributed by atoms with Gasteiger partial charge in [0.15, 0.2) is 0 Å². The number of hydrogen-bond acceptors (Lipinski definition) is 5. The van der Waals surface area contributed by atoms with Crippen LogP contribution in [0.2, 0.25) is 0 Å². The number of likely N-dealkylation sites (tertiary alicyclic amines) is 1. The molecule has 2 aromatic rings. The van der Waals surface area contributed by atoms with Crippen molar-refractivity contribution in [1.82, 2.24) is 15.2 Å². The van der Waals surface area contributed by atoms with E-state index in [9.17, 15) is 9.59 Å². The molecule has 0 saturated carbocycles. The Kier molecular flexibility index (Phi) is 6.47. The number of ether oxygens (including phenoxy) is 1. The monoisotopic (exact) mass is 382 g/mol. The van der Waals surface area contributed by atoms with Crippen molar-refractivity contribution in [3.8, 4) is 5.75 Å². The molecule has 0 spiro atoms. The van der Waals surface area contributed by atoms with Crippen LogP contribution in [0.15, 0.2) is 42.6 Å². The Morgan fingerprint density at radius 1 is 1.18 bits per heavy atom. The molecular formula is C21H26N4O3. The molecule has 3 rings (SSSR count). The van der Waals surface area contributed by atoms with E-state index in [0.29, 0.717) is 31.1 Å². The minimum atomic E-state index is -0.164. The third-order valence-electron chi connectivity index (χ3n) is 4.76. The molecule has 1 fully saturated rings. The van der Waals surface area contributed by atoms with E-state index in [1.165, 1.54) is 0 Å². The molecule has 2 heterocycles. The molecule has 0 bridgehead atoms. The van der Waals surface area contributed by atoms with E-state index in [2.05, 4.69) is 15.6 Å². The van der Waals surface area contributed by atoms with E-state index in [1.807, 2.05) is 36.1 Å². The summed E-state index contributed by atoms with van der Waals surface area (Å²) in [7, 11) is 0. The molecule has 1 aromatic heterocycles. The van der Waals surface area contributed by atoms with E-state index in [0.717, 1.165) is 24.3 Å². The van der Waals surface area contributed by atoms with Crippen LogP contribution in [0, 0.1) is 0 Å². The van der Waals surface area contributed by atoms with Gasteiger partial charge in [0, 0.05) is 37.9 Å². The van der Waals surface area contributed by atoms with Crippen molar-refractivity contribution in [3.05, 3.63) is 48.2 Å². The van der Waals surface area contributed by atoms with Gasteiger partial charge in [-0.05, 0) is 56.2 Å². The van der Waals surface area contributed by atoms with Crippen LogP contribution < -0.4 is 15.4 Å². The lowest BCUT2D eigenvalue weighted by molar-refractivity contribution is -0.129. The van der Waals surface area contributed by atoms with Crippen LogP contribution in [-0.2, 0) is 4.79 Å². The average molecular weight is 382 g/mol. The first-order valence-corrected chi connectivity index (χ1v) is 9.58. The SMILES string of the molecule is CCOc1ccc(Nc2ncccc2C(=O)NC2CCN(C(C)=O)CC2)cc1. The zero-order valence-corrected chi connectivity index (χ0v) is 16.3. The molecule has 1 aliphatic rings. The number of nitrogens with one attached hydrogen (secondary N) is 2. The van der Waals surface area contributed by atoms with Gasteiger partial charge in [0.2, 0.25) is 5.91 Å². The minimum absolute atomic E-state index is 0.0571. The van der Waals surface area contributed by atoms with Crippen LogP contribution in [0.25, 0.3) is 0 Å². The van der Waals surface area contributed by atoms with Crippen LogP contribution in [0.3, 0.4) is 0 Å². The van der Waals surface area contributed by atoms with Gasteiger partial charge in [-0.2, -0.15) is 0 Å². The number of aromatic nitrogens is 1. The quantitative estimate of drug-likeness (QED) is 0.803. The van der Waals surface area contributed by atoms with Gasteiger partial charge >= 0.3 is 0 Å². The normalized spacial score (nSPS) is 14.4. The number of nitrogens with zero attached hydrogens (tertiary/aromatic N) is 2. The van der Waals surface area contributed by atoms with Crippen molar-refractivity contribution in [2.45, 2.75) is 32.7 Å². The van der Waals surface area contributed by atoms with Crippen LogP contribution in [-0.4, -0.2) is 47.4 Å². The summed E-state index contributed by atoms with van der Waals surface area (Å²) >= 11 is 0. The smallest absolute Gasteiger partial charge is 0.255 e. The zero-order valence-electron chi connectivity index (χ0n) is 16.3. The number of anilines is 2. The first-order valence-electron chi connectivity index (χ1n) is 9.58. The van der Waals surface area contributed by atoms with Gasteiger partial charge in [-0.1, -0.05) is 0 Å². The maximum atomic E-state index is 12.8. The van der Waals surface area contributed by atoms with Crippen molar-refractivity contribution < 1.29 is 14.3 Å². The summed E-state index contributed by atoms with van der Waals surface area (Å²) in [5.74, 6) is 1.22. The van der Waals surface area contributed by atoms with Gasteiger partial charge in [0.1, 0.15) is 11.6 Å². The first kappa shape index (κ1) is 19.7. The Morgan fingerprint density at radius 2 is 1.89 bits per heavy atom. The number of hydrogen-bond donors (Lipinski definition) is 2. The zero-order chi connectivity index (χ0) is 19.9. The van der Waals surface area contributed by atoms with Crippen LogP contribution in [0.1, 0.15) is 37.0 Å². The summed E-state index contributed by atoms with van der Waals surface area (Å²) in [6.07, 6.45) is 3.17. The van der Waals surface area contributed by atoms with Crippen molar-refractivity contribution >= 4 is 23.3 Å². The van der Waals surface area contributed by atoms with Crippen molar-refractivity contribution in [3.63, 3.8) is 0 Å². The summed E-state index contributed by atoms with van der Waals surface area (Å²) in [5, 5.41) is 6.27. The fourth-order valence-electron chi connectivity index (χ4n) is 3.23. The molecule has 148 valence electrons. The van der Waals surface area contributed by atoms with Crippen molar-refractivity contribution in [1.29, 1.82) is 0 Å². The second kappa shape index (κ2) is 9.21.